The third-order valence-corrected chi connectivity index (χ3v) is 5.55. The number of para-hydroxylation sites is 1. The number of ether oxygens (including phenoxy) is 1. The molecule has 0 N–H and O–H groups in total. The summed E-state index contributed by atoms with van der Waals surface area (Å²) in [5.41, 5.74) is 1.06. The van der Waals surface area contributed by atoms with Gasteiger partial charge in [0.25, 0.3) is 0 Å². The van der Waals surface area contributed by atoms with Crippen LogP contribution in [-0.2, 0) is 21.2 Å². The Kier molecular flexibility index (Phi) is 4.10. The van der Waals surface area contributed by atoms with Crippen LogP contribution in [0.1, 0.15) is 5.56 Å². The summed E-state index contributed by atoms with van der Waals surface area (Å²) < 4.78 is 30.1. The number of hydrogen-bond donors (Lipinski definition) is 0. The molecule has 2 heterocycles. The minimum Gasteiger partial charge on any atom is -0.492 e. The molecule has 0 bridgehead atoms. The molecule has 0 spiro atoms. The summed E-state index contributed by atoms with van der Waals surface area (Å²) in [6, 6.07) is 7.77. The lowest BCUT2D eigenvalue weighted by Gasteiger charge is -2.36. The molecule has 1 amide bonds. The zero-order valence-electron chi connectivity index (χ0n) is 12.6. The highest BCUT2D eigenvalue weighted by Crippen LogP contribution is 2.28. The fraction of sp³-hybridized carbons (Fsp3) is 0.533. The zero-order chi connectivity index (χ0) is 15.7. The van der Waals surface area contributed by atoms with Crippen molar-refractivity contribution >= 4 is 15.9 Å². The maximum Gasteiger partial charge on any atom is 0.229 e. The number of amides is 1. The molecule has 3 rings (SSSR count). The Balaban J connectivity index is 1.62. The lowest BCUT2D eigenvalue weighted by atomic mass is 9.95. The summed E-state index contributed by atoms with van der Waals surface area (Å²) >= 11 is 0. The molecule has 7 heteroatoms. The number of fused-ring (bicyclic) bond motifs is 1. The van der Waals surface area contributed by atoms with Gasteiger partial charge in [-0.1, -0.05) is 18.2 Å². The number of carbonyl (C=O) groups excluding carboxylic acids is 1. The summed E-state index contributed by atoms with van der Waals surface area (Å²) in [4.78, 5) is 14.4. The lowest BCUT2D eigenvalue weighted by Crippen LogP contribution is -2.52. The van der Waals surface area contributed by atoms with E-state index in [-0.39, 0.29) is 11.8 Å². The highest BCUT2D eigenvalue weighted by Gasteiger charge is 2.32. The van der Waals surface area contributed by atoms with E-state index in [1.54, 1.807) is 4.90 Å². The highest BCUT2D eigenvalue weighted by molar-refractivity contribution is 7.88. The standard InChI is InChI=1S/C15H20N2O4S/c1-22(19,20)17-8-6-16(7-9-17)15(18)13-10-12-4-2-3-5-14(12)21-11-13/h2-5,13H,6-11H2,1H3. The minimum absolute atomic E-state index is 0.0580. The Morgan fingerprint density at radius 1 is 1.18 bits per heavy atom. The monoisotopic (exact) mass is 324 g/mol. The number of nitrogens with zero attached hydrogens (tertiary/aromatic N) is 2. The predicted octanol–water partition coefficient (Wildman–Crippen LogP) is 0.342. The molecule has 0 aliphatic carbocycles. The maximum atomic E-state index is 12.6. The van der Waals surface area contributed by atoms with E-state index >= 15 is 0 Å². The molecule has 1 unspecified atom stereocenters. The molecular weight excluding hydrogens is 304 g/mol. The molecule has 1 aromatic rings. The second kappa shape index (κ2) is 5.89. The number of benzene rings is 1. The van der Waals surface area contributed by atoms with Crippen LogP contribution in [0.15, 0.2) is 24.3 Å². The predicted molar refractivity (Wildman–Crippen MR) is 82.1 cm³/mol. The Labute approximate surface area is 130 Å². The Morgan fingerprint density at radius 2 is 1.86 bits per heavy atom. The molecule has 2 aliphatic heterocycles. The molecule has 0 aromatic heterocycles. The van der Waals surface area contributed by atoms with Crippen LogP contribution in [0.2, 0.25) is 0 Å². The highest BCUT2D eigenvalue weighted by atomic mass is 32.2. The second-order valence-corrected chi connectivity index (χ2v) is 7.79. The van der Waals surface area contributed by atoms with E-state index in [1.165, 1.54) is 10.6 Å². The van der Waals surface area contributed by atoms with Crippen LogP contribution in [0.25, 0.3) is 0 Å². The van der Waals surface area contributed by atoms with E-state index in [4.69, 9.17) is 4.74 Å². The van der Waals surface area contributed by atoms with Crippen LogP contribution >= 0.6 is 0 Å². The van der Waals surface area contributed by atoms with Crippen molar-refractivity contribution in [3.63, 3.8) is 0 Å². The lowest BCUT2D eigenvalue weighted by molar-refractivity contribution is -0.138. The largest absolute Gasteiger partial charge is 0.492 e. The van der Waals surface area contributed by atoms with Crippen molar-refractivity contribution in [1.29, 1.82) is 0 Å². The van der Waals surface area contributed by atoms with Crippen LogP contribution < -0.4 is 4.74 Å². The van der Waals surface area contributed by atoms with E-state index < -0.39 is 10.0 Å². The normalized spacial score (nSPS) is 22.8. The van der Waals surface area contributed by atoms with Crippen LogP contribution in [0, 0.1) is 5.92 Å². The van der Waals surface area contributed by atoms with Gasteiger partial charge in [0.15, 0.2) is 0 Å². The molecule has 6 nitrogen and oxygen atoms in total. The molecule has 1 fully saturated rings. The number of hydrogen-bond acceptors (Lipinski definition) is 4. The third kappa shape index (κ3) is 3.10. The van der Waals surface area contributed by atoms with Crippen molar-refractivity contribution in [3.8, 4) is 5.75 Å². The summed E-state index contributed by atoms with van der Waals surface area (Å²) in [6.45, 7) is 2.03. The van der Waals surface area contributed by atoms with Gasteiger partial charge < -0.3 is 9.64 Å². The first-order valence-electron chi connectivity index (χ1n) is 7.40. The van der Waals surface area contributed by atoms with Crippen LogP contribution in [-0.4, -0.2) is 62.6 Å². The van der Waals surface area contributed by atoms with Crippen molar-refractivity contribution in [2.75, 3.05) is 39.0 Å². The fourth-order valence-electron chi connectivity index (χ4n) is 2.98. The fourth-order valence-corrected chi connectivity index (χ4v) is 3.81. The van der Waals surface area contributed by atoms with E-state index in [0.717, 1.165) is 11.3 Å². The van der Waals surface area contributed by atoms with Gasteiger partial charge >= 0.3 is 0 Å². The van der Waals surface area contributed by atoms with Crippen LogP contribution in [0.3, 0.4) is 0 Å². The van der Waals surface area contributed by atoms with Crippen molar-refractivity contribution < 1.29 is 17.9 Å². The molecule has 22 heavy (non-hydrogen) atoms. The third-order valence-electron chi connectivity index (χ3n) is 4.25. The van der Waals surface area contributed by atoms with Gasteiger partial charge in [-0.15, -0.1) is 0 Å². The SMILES string of the molecule is CS(=O)(=O)N1CCN(C(=O)C2COc3ccccc3C2)CC1. The molecule has 1 atom stereocenters. The average Bonchev–Trinajstić information content (AvgIpc) is 2.53. The Bertz CT molecular complexity index is 666. The van der Waals surface area contributed by atoms with Crippen molar-refractivity contribution in [3.05, 3.63) is 29.8 Å². The summed E-state index contributed by atoms with van der Waals surface area (Å²) in [5.74, 6) is 0.732. The van der Waals surface area contributed by atoms with E-state index in [9.17, 15) is 13.2 Å². The number of rotatable bonds is 2. The smallest absolute Gasteiger partial charge is 0.229 e. The molecule has 2 aliphatic rings. The minimum atomic E-state index is -3.17. The number of sulfonamides is 1. The summed E-state index contributed by atoms with van der Waals surface area (Å²) in [5, 5.41) is 0. The van der Waals surface area contributed by atoms with Crippen molar-refractivity contribution in [2.45, 2.75) is 6.42 Å². The first-order valence-corrected chi connectivity index (χ1v) is 9.24. The molecule has 120 valence electrons. The molecule has 0 radical (unpaired) electrons. The van der Waals surface area contributed by atoms with E-state index in [1.807, 2.05) is 24.3 Å². The average molecular weight is 324 g/mol. The molecule has 0 saturated carbocycles. The quantitative estimate of drug-likeness (QED) is 0.787. The van der Waals surface area contributed by atoms with Gasteiger partial charge in [0, 0.05) is 26.2 Å². The van der Waals surface area contributed by atoms with Gasteiger partial charge in [0.2, 0.25) is 15.9 Å². The molecule has 1 saturated heterocycles. The van der Waals surface area contributed by atoms with E-state index in [2.05, 4.69) is 0 Å². The topological polar surface area (TPSA) is 66.9 Å². The Morgan fingerprint density at radius 3 is 2.55 bits per heavy atom. The second-order valence-electron chi connectivity index (χ2n) is 5.81. The van der Waals surface area contributed by atoms with Gasteiger partial charge in [-0.05, 0) is 18.1 Å². The number of piperazine rings is 1. The van der Waals surface area contributed by atoms with Crippen LogP contribution in [0.4, 0.5) is 0 Å². The maximum absolute atomic E-state index is 12.6. The van der Waals surface area contributed by atoms with Gasteiger partial charge in [-0.25, -0.2) is 8.42 Å². The first-order chi connectivity index (χ1) is 10.4. The first kappa shape index (κ1) is 15.3. The Hall–Kier alpha value is -1.60. The molecular formula is C15H20N2O4S. The zero-order valence-corrected chi connectivity index (χ0v) is 13.4. The van der Waals surface area contributed by atoms with Crippen LogP contribution in [0.5, 0.6) is 5.75 Å². The molecule has 1 aromatic carbocycles. The summed E-state index contributed by atoms with van der Waals surface area (Å²) in [7, 11) is -3.17. The van der Waals surface area contributed by atoms with Gasteiger partial charge in [-0.3, -0.25) is 4.79 Å². The summed E-state index contributed by atoms with van der Waals surface area (Å²) in [6.07, 6.45) is 1.89. The van der Waals surface area contributed by atoms with Crippen molar-refractivity contribution in [1.82, 2.24) is 9.21 Å². The van der Waals surface area contributed by atoms with Gasteiger partial charge in [-0.2, -0.15) is 4.31 Å². The van der Waals surface area contributed by atoms with E-state index in [0.29, 0.717) is 39.2 Å². The number of carbonyl (C=O) groups is 1. The van der Waals surface area contributed by atoms with Gasteiger partial charge in [0.1, 0.15) is 12.4 Å². The van der Waals surface area contributed by atoms with Gasteiger partial charge in [0.05, 0.1) is 12.2 Å². The van der Waals surface area contributed by atoms with Crippen molar-refractivity contribution in [2.24, 2.45) is 5.92 Å².